The first-order valence-electron chi connectivity index (χ1n) is 5.62. The van der Waals surface area contributed by atoms with E-state index >= 15 is 0 Å². The SMILES string of the molecule is O=P(O)(O)C(O)(CCC1CCCNC1)P(=O)(O)O. The van der Waals surface area contributed by atoms with E-state index in [4.69, 9.17) is 19.6 Å². The maximum Gasteiger partial charge on any atom is 0.369 e. The number of nitrogens with one attached hydrogen (secondary N) is 1. The van der Waals surface area contributed by atoms with Crippen molar-refractivity contribution in [2.24, 2.45) is 5.92 Å². The fourth-order valence-electron chi connectivity index (χ4n) is 2.03. The number of piperidine rings is 1. The van der Waals surface area contributed by atoms with Gasteiger partial charge in [0.05, 0.1) is 0 Å². The van der Waals surface area contributed by atoms with Crippen molar-refractivity contribution in [2.75, 3.05) is 13.1 Å². The zero-order valence-electron chi connectivity index (χ0n) is 9.77. The molecule has 0 saturated carbocycles. The lowest BCUT2D eigenvalue weighted by atomic mass is 9.95. The van der Waals surface area contributed by atoms with Gasteiger partial charge >= 0.3 is 15.2 Å². The lowest BCUT2D eigenvalue weighted by Gasteiger charge is -2.31. The molecule has 10 heteroatoms. The highest BCUT2D eigenvalue weighted by molar-refractivity contribution is 7.72. The normalized spacial score (nSPS) is 23.1. The highest BCUT2D eigenvalue weighted by Gasteiger charge is 2.58. The number of aliphatic hydroxyl groups is 1. The van der Waals surface area contributed by atoms with Gasteiger partial charge in [0.25, 0.3) is 5.08 Å². The Kier molecular flexibility index (Phi) is 5.14. The first-order chi connectivity index (χ1) is 8.08. The molecular formula is C8H19NO7P2. The predicted octanol–water partition coefficient (Wildman–Crippen LogP) is -0.232. The van der Waals surface area contributed by atoms with Crippen molar-refractivity contribution in [1.82, 2.24) is 5.32 Å². The molecule has 8 nitrogen and oxygen atoms in total. The van der Waals surface area contributed by atoms with Gasteiger partial charge in [-0.05, 0) is 38.3 Å². The van der Waals surface area contributed by atoms with Crippen molar-refractivity contribution < 1.29 is 33.8 Å². The minimum absolute atomic E-state index is 0.0587. The molecule has 0 radical (unpaired) electrons. The summed E-state index contributed by atoms with van der Waals surface area (Å²) in [6.07, 6.45) is 1.24. The second kappa shape index (κ2) is 5.69. The molecule has 1 unspecified atom stereocenters. The maximum absolute atomic E-state index is 11.1. The Morgan fingerprint density at radius 2 is 1.72 bits per heavy atom. The molecule has 0 aromatic carbocycles. The lowest BCUT2D eigenvalue weighted by molar-refractivity contribution is 0.114. The predicted molar refractivity (Wildman–Crippen MR) is 63.9 cm³/mol. The van der Waals surface area contributed by atoms with Crippen LogP contribution in [0.4, 0.5) is 0 Å². The van der Waals surface area contributed by atoms with Gasteiger partial charge in [0.1, 0.15) is 0 Å². The van der Waals surface area contributed by atoms with E-state index in [1.807, 2.05) is 0 Å². The molecule has 0 bridgehead atoms. The van der Waals surface area contributed by atoms with E-state index in [9.17, 15) is 14.2 Å². The van der Waals surface area contributed by atoms with Gasteiger partial charge in [0, 0.05) is 6.42 Å². The van der Waals surface area contributed by atoms with E-state index < -0.39 is 26.7 Å². The zero-order valence-corrected chi connectivity index (χ0v) is 11.6. The second-order valence-electron chi connectivity index (χ2n) is 4.61. The van der Waals surface area contributed by atoms with Crippen molar-refractivity contribution in [3.8, 4) is 0 Å². The van der Waals surface area contributed by atoms with E-state index in [1.54, 1.807) is 0 Å². The summed E-state index contributed by atoms with van der Waals surface area (Å²) < 4.78 is 22.2. The van der Waals surface area contributed by atoms with Crippen LogP contribution in [-0.2, 0) is 9.13 Å². The Bertz CT molecular complexity index is 348. The third-order valence-corrected chi connectivity index (χ3v) is 7.10. The summed E-state index contributed by atoms with van der Waals surface area (Å²) in [5, 5.41) is 9.48. The Balaban J connectivity index is 2.74. The molecular weight excluding hydrogens is 284 g/mol. The van der Waals surface area contributed by atoms with Gasteiger partial charge in [-0.2, -0.15) is 0 Å². The van der Waals surface area contributed by atoms with Gasteiger partial charge < -0.3 is 30.0 Å². The largest absolute Gasteiger partial charge is 0.369 e. The minimum atomic E-state index is -5.30. The molecule has 0 spiro atoms. The quantitative estimate of drug-likeness (QED) is 0.382. The highest BCUT2D eigenvalue weighted by atomic mass is 31.2. The van der Waals surface area contributed by atoms with Gasteiger partial charge in [0.2, 0.25) is 0 Å². The molecule has 1 aliphatic heterocycles. The van der Waals surface area contributed by atoms with Crippen molar-refractivity contribution in [1.29, 1.82) is 0 Å². The monoisotopic (exact) mass is 303 g/mol. The topological polar surface area (TPSA) is 147 Å². The van der Waals surface area contributed by atoms with E-state index in [-0.39, 0.29) is 12.3 Å². The third-order valence-electron chi connectivity index (χ3n) is 3.22. The van der Waals surface area contributed by atoms with Crippen LogP contribution in [0, 0.1) is 5.92 Å². The standard InChI is InChI=1S/C8H19NO7P2/c10-8(17(11,12)13,18(14,15)16)4-3-7-2-1-5-9-6-7/h7,9-10H,1-6H2,(H2,11,12,13)(H2,14,15,16). The fraction of sp³-hybridized carbons (Fsp3) is 1.00. The van der Waals surface area contributed by atoms with Crippen LogP contribution >= 0.6 is 15.2 Å². The molecule has 1 rings (SSSR count). The van der Waals surface area contributed by atoms with Crippen LogP contribution in [0.2, 0.25) is 0 Å². The van der Waals surface area contributed by atoms with Crippen LogP contribution in [0.25, 0.3) is 0 Å². The molecule has 1 heterocycles. The number of hydrogen-bond acceptors (Lipinski definition) is 4. The van der Waals surface area contributed by atoms with Gasteiger partial charge in [0.15, 0.2) is 0 Å². The summed E-state index contributed by atoms with van der Waals surface area (Å²) in [6.45, 7) is 1.48. The summed E-state index contributed by atoms with van der Waals surface area (Å²) in [7, 11) is -10.6. The van der Waals surface area contributed by atoms with Crippen molar-refractivity contribution in [3.05, 3.63) is 0 Å². The van der Waals surface area contributed by atoms with E-state index in [0.717, 1.165) is 19.4 Å². The molecule has 1 aliphatic rings. The summed E-state index contributed by atoms with van der Waals surface area (Å²) in [5.74, 6) is 0.0587. The summed E-state index contributed by atoms with van der Waals surface area (Å²) in [5.41, 5.74) is 0. The first kappa shape index (κ1) is 16.3. The molecule has 1 fully saturated rings. The molecule has 0 amide bonds. The smallest absolute Gasteiger partial charge is 0.368 e. The average Bonchev–Trinajstić information content (AvgIpc) is 2.24. The summed E-state index contributed by atoms with van der Waals surface area (Å²) in [4.78, 5) is 35.8. The van der Waals surface area contributed by atoms with Crippen LogP contribution < -0.4 is 5.32 Å². The Morgan fingerprint density at radius 1 is 1.17 bits per heavy atom. The van der Waals surface area contributed by atoms with Gasteiger partial charge in [-0.3, -0.25) is 9.13 Å². The number of hydrogen-bond donors (Lipinski definition) is 6. The van der Waals surface area contributed by atoms with E-state index in [2.05, 4.69) is 5.32 Å². The molecule has 18 heavy (non-hydrogen) atoms. The van der Waals surface area contributed by atoms with Crippen molar-refractivity contribution in [3.63, 3.8) is 0 Å². The van der Waals surface area contributed by atoms with Crippen molar-refractivity contribution in [2.45, 2.75) is 30.8 Å². The fourth-order valence-corrected chi connectivity index (χ4v) is 4.23. The molecule has 6 N–H and O–H groups in total. The van der Waals surface area contributed by atoms with Crippen LogP contribution in [0.15, 0.2) is 0 Å². The average molecular weight is 303 g/mol. The zero-order chi connectivity index (χ0) is 14.0. The molecule has 0 aromatic rings. The Morgan fingerprint density at radius 3 is 2.11 bits per heavy atom. The lowest BCUT2D eigenvalue weighted by Crippen LogP contribution is -2.33. The Hall–Kier alpha value is 0.220. The van der Waals surface area contributed by atoms with E-state index in [1.165, 1.54) is 0 Å². The maximum atomic E-state index is 11.1. The van der Waals surface area contributed by atoms with Gasteiger partial charge in [-0.1, -0.05) is 0 Å². The molecule has 1 atom stereocenters. The van der Waals surface area contributed by atoms with Crippen LogP contribution in [0.1, 0.15) is 25.7 Å². The first-order valence-corrected chi connectivity index (χ1v) is 8.85. The summed E-state index contributed by atoms with van der Waals surface area (Å²) >= 11 is 0. The van der Waals surface area contributed by atoms with Gasteiger partial charge in [-0.25, -0.2) is 0 Å². The molecule has 1 saturated heterocycles. The minimum Gasteiger partial charge on any atom is -0.368 e. The Labute approximate surface area is 105 Å². The second-order valence-corrected chi connectivity index (χ2v) is 8.62. The highest BCUT2D eigenvalue weighted by Crippen LogP contribution is 2.69. The van der Waals surface area contributed by atoms with E-state index in [0.29, 0.717) is 6.54 Å². The van der Waals surface area contributed by atoms with Crippen LogP contribution in [0.3, 0.4) is 0 Å². The molecule has 108 valence electrons. The third kappa shape index (κ3) is 3.62. The molecule has 0 aromatic heterocycles. The molecule has 0 aliphatic carbocycles. The van der Waals surface area contributed by atoms with Crippen molar-refractivity contribution >= 4 is 15.2 Å². The number of rotatable bonds is 5. The summed E-state index contributed by atoms with van der Waals surface area (Å²) in [6, 6.07) is 0. The van der Waals surface area contributed by atoms with Crippen LogP contribution in [0.5, 0.6) is 0 Å². The van der Waals surface area contributed by atoms with Crippen LogP contribution in [-0.4, -0.2) is 42.9 Å². The van der Waals surface area contributed by atoms with Gasteiger partial charge in [-0.15, -0.1) is 0 Å².